The van der Waals surface area contributed by atoms with Gasteiger partial charge in [0.15, 0.2) is 5.82 Å². The second-order valence-electron chi connectivity index (χ2n) is 7.25. The number of carbonyl (C=O) groups is 1. The molecule has 2 aromatic rings. The number of nitrogens with zero attached hydrogens (tertiary/aromatic N) is 6. The summed E-state index contributed by atoms with van der Waals surface area (Å²) in [5.74, 6) is 0.879. The molecule has 0 bridgehead atoms. The van der Waals surface area contributed by atoms with Gasteiger partial charge in [0.05, 0.1) is 19.8 Å². The summed E-state index contributed by atoms with van der Waals surface area (Å²) in [6.45, 7) is 8.60. The number of carbonyl (C=O) groups excluding carboxylic acids is 1. The number of rotatable bonds is 9. The van der Waals surface area contributed by atoms with Gasteiger partial charge in [0.2, 0.25) is 5.91 Å². The molecule has 0 spiro atoms. The maximum absolute atomic E-state index is 12.2. The molecule has 3 heterocycles. The van der Waals surface area contributed by atoms with Crippen LogP contribution in [0.3, 0.4) is 0 Å². The predicted molar refractivity (Wildman–Crippen MR) is 103 cm³/mol. The number of aromatic nitrogens is 5. The Kier molecular flexibility index (Phi) is 7.44. The number of ether oxygens (including phenoxy) is 1. The molecule has 1 N–H and O–H groups in total. The van der Waals surface area contributed by atoms with Crippen LogP contribution in [0.2, 0.25) is 0 Å². The van der Waals surface area contributed by atoms with Crippen molar-refractivity contribution >= 4 is 5.91 Å². The Bertz CT molecular complexity index is 758. The van der Waals surface area contributed by atoms with Crippen molar-refractivity contribution in [3.8, 4) is 0 Å². The first-order chi connectivity index (χ1) is 13.6. The first-order valence-electron chi connectivity index (χ1n) is 9.87. The van der Waals surface area contributed by atoms with Crippen LogP contribution >= 0.6 is 0 Å². The molecule has 1 amide bonds. The molecule has 1 aliphatic rings. The molecule has 1 atom stereocenters. The van der Waals surface area contributed by atoms with Crippen molar-refractivity contribution in [1.29, 1.82) is 0 Å². The number of hydrogen-bond acceptors (Lipinski definition) is 7. The number of morpholine rings is 1. The summed E-state index contributed by atoms with van der Waals surface area (Å²) in [5.41, 5.74) is 1.99. The molecule has 1 unspecified atom stereocenters. The summed E-state index contributed by atoms with van der Waals surface area (Å²) < 4.78 is 7.16. The van der Waals surface area contributed by atoms with Gasteiger partial charge in [-0.3, -0.25) is 14.7 Å². The number of pyridine rings is 1. The van der Waals surface area contributed by atoms with Crippen molar-refractivity contribution < 1.29 is 9.53 Å². The van der Waals surface area contributed by atoms with Crippen molar-refractivity contribution in [2.24, 2.45) is 0 Å². The third kappa shape index (κ3) is 6.35. The summed E-state index contributed by atoms with van der Waals surface area (Å²) in [6.07, 6.45) is 1.87. The van der Waals surface area contributed by atoms with Gasteiger partial charge < -0.3 is 10.1 Å². The number of aryl methyl sites for hydroxylation is 2. The topological polar surface area (TPSA) is 98.1 Å². The lowest BCUT2D eigenvalue weighted by atomic mass is 10.1. The van der Waals surface area contributed by atoms with Crippen molar-refractivity contribution in [3.63, 3.8) is 0 Å². The van der Waals surface area contributed by atoms with E-state index in [2.05, 4.69) is 30.7 Å². The number of tetrazole rings is 1. The maximum atomic E-state index is 12.2. The third-order valence-corrected chi connectivity index (χ3v) is 4.72. The standard InChI is InChI=1S/C19H29N7O2/c1-15-5-3-6-17(20-15)13-16(2)21-19(27)7-4-8-26-18(22-23-24-26)14-25-9-11-28-12-10-25/h3,5-6,16H,4,7-14H2,1-2H3,(H,21,27). The van der Waals surface area contributed by atoms with Gasteiger partial charge in [0.25, 0.3) is 0 Å². The molecule has 3 rings (SSSR count). The first kappa shape index (κ1) is 20.3. The molecule has 9 nitrogen and oxygen atoms in total. The summed E-state index contributed by atoms with van der Waals surface area (Å²) in [5, 5.41) is 15.0. The molecule has 0 aromatic carbocycles. The van der Waals surface area contributed by atoms with Crippen LogP contribution in [0.1, 0.15) is 37.0 Å². The third-order valence-electron chi connectivity index (χ3n) is 4.72. The zero-order chi connectivity index (χ0) is 19.8. The van der Waals surface area contributed by atoms with Crippen molar-refractivity contribution in [2.45, 2.75) is 52.2 Å². The molecule has 28 heavy (non-hydrogen) atoms. The highest BCUT2D eigenvalue weighted by molar-refractivity contribution is 5.76. The maximum Gasteiger partial charge on any atom is 0.220 e. The van der Waals surface area contributed by atoms with Crippen LogP contribution in [-0.2, 0) is 29.0 Å². The van der Waals surface area contributed by atoms with Gasteiger partial charge in [-0.1, -0.05) is 6.07 Å². The summed E-state index contributed by atoms with van der Waals surface area (Å²) in [4.78, 5) is 19.0. The fraction of sp³-hybridized carbons (Fsp3) is 0.632. The Balaban J connectivity index is 1.39. The average molecular weight is 387 g/mol. The number of hydrogen-bond donors (Lipinski definition) is 1. The summed E-state index contributed by atoms with van der Waals surface area (Å²) in [6, 6.07) is 6.00. The second-order valence-corrected chi connectivity index (χ2v) is 7.25. The van der Waals surface area contributed by atoms with E-state index in [1.54, 1.807) is 4.68 Å². The Labute approximate surface area is 165 Å². The molecule has 1 saturated heterocycles. The quantitative estimate of drug-likeness (QED) is 0.677. The smallest absolute Gasteiger partial charge is 0.220 e. The zero-order valence-electron chi connectivity index (χ0n) is 16.7. The molecule has 152 valence electrons. The van der Waals surface area contributed by atoms with Gasteiger partial charge in [-0.15, -0.1) is 5.10 Å². The lowest BCUT2D eigenvalue weighted by Gasteiger charge is -2.25. The second kappa shape index (κ2) is 10.2. The molecule has 1 aliphatic heterocycles. The van der Waals surface area contributed by atoms with E-state index in [1.165, 1.54) is 0 Å². The molecule has 0 aliphatic carbocycles. The molecular weight excluding hydrogens is 358 g/mol. The van der Waals surface area contributed by atoms with E-state index in [4.69, 9.17) is 4.74 Å². The molecule has 1 fully saturated rings. The largest absolute Gasteiger partial charge is 0.379 e. The monoisotopic (exact) mass is 387 g/mol. The van der Waals surface area contributed by atoms with Gasteiger partial charge in [0.1, 0.15) is 0 Å². The lowest BCUT2D eigenvalue weighted by Crippen LogP contribution is -2.36. The number of amides is 1. The molecule has 2 aromatic heterocycles. The zero-order valence-corrected chi connectivity index (χ0v) is 16.7. The van der Waals surface area contributed by atoms with Crippen LogP contribution in [0, 0.1) is 6.92 Å². The van der Waals surface area contributed by atoms with Gasteiger partial charge in [-0.2, -0.15) is 0 Å². The van der Waals surface area contributed by atoms with Crippen LogP contribution in [0.5, 0.6) is 0 Å². The minimum atomic E-state index is 0.0444. The Morgan fingerprint density at radius 3 is 2.93 bits per heavy atom. The SMILES string of the molecule is Cc1cccc(CC(C)NC(=O)CCCn2nnnc2CN2CCOCC2)n1. The van der Waals surface area contributed by atoms with Crippen molar-refractivity contribution in [3.05, 3.63) is 35.4 Å². The average Bonchev–Trinajstić information content (AvgIpc) is 3.09. The highest BCUT2D eigenvalue weighted by atomic mass is 16.5. The van der Waals surface area contributed by atoms with E-state index in [0.29, 0.717) is 25.9 Å². The van der Waals surface area contributed by atoms with E-state index < -0.39 is 0 Å². The Hall–Kier alpha value is -2.39. The molecule has 0 radical (unpaired) electrons. The van der Waals surface area contributed by atoms with Crippen LogP contribution in [0.4, 0.5) is 0 Å². The van der Waals surface area contributed by atoms with Gasteiger partial charge >= 0.3 is 0 Å². The van der Waals surface area contributed by atoms with Crippen LogP contribution in [-0.4, -0.2) is 68.3 Å². The minimum Gasteiger partial charge on any atom is -0.379 e. The van der Waals surface area contributed by atoms with Gasteiger partial charge in [-0.05, 0) is 42.8 Å². The highest BCUT2D eigenvalue weighted by Gasteiger charge is 2.15. The van der Waals surface area contributed by atoms with E-state index in [0.717, 1.165) is 49.9 Å². The van der Waals surface area contributed by atoms with E-state index in [9.17, 15) is 4.79 Å². The van der Waals surface area contributed by atoms with Gasteiger partial charge in [-0.25, -0.2) is 4.68 Å². The fourth-order valence-electron chi connectivity index (χ4n) is 3.28. The minimum absolute atomic E-state index is 0.0444. The van der Waals surface area contributed by atoms with Crippen molar-refractivity contribution in [2.75, 3.05) is 26.3 Å². The van der Waals surface area contributed by atoms with Crippen LogP contribution < -0.4 is 5.32 Å². The lowest BCUT2D eigenvalue weighted by molar-refractivity contribution is -0.121. The van der Waals surface area contributed by atoms with Gasteiger partial charge in [0, 0.05) is 49.9 Å². The van der Waals surface area contributed by atoms with E-state index in [-0.39, 0.29) is 11.9 Å². The summed E-state index contributed by atoms with van der Waals surface area (Å²) in [7, 11) is 0. The van der Waals surface area contributed by atoms with Crippen LogP contribution in [0.25, 0.3) is 0 Å². The fourth-order valence-corrected chi connectivity index (χ4v) is 3.28. The van der Waals surface area contributed by atoms with E-state index >= 15 is 0 Å². The molecule has 0 saturated carbocycles. The highest BCUT2D eigenvalue weighted by Crippen LogP contribution is 2.06. The normalized spacial score (nSPS) is 16.1. The number of nitrogens with one attached hydrogen (secondary N) is 1. The van der Waals surface area contributed by atoms with Crippen molar-refractivity contribution in [1.82, 2.24) is 35.4 Å². The van der Waals surface area contributed by atoms with E-state index in [1.807, 2.05) is 32.0 Å². The Morgan fingerprint density at radius 1 is 1.32 bits per heavy atom. The first-order valence-corrected chi connectivity index (χ1v) is 9.87. The molecule has 9 heteroatoms. The summed E-state index contributed by atoms with van der Waals surface area (Å²) >= 11 is 0. The van der Waals surface area contributed by atoms with Crippen LogP contribution in [0.15, 0.2) is 18.2 Å². The predicted octanol–water partition coefficient (Wildman–Crippen LogP) is 0.736. The molecular formula is C19H29N7O2. The Morgan fingerprint density at radius 2 is 2.14 bits per heavy atom.